The van der Waals surface area contributed by atoms with Gasteiger partial charge in [0.15, 0.2) is 0 Å². The lowest BCUT2D eigenvalue weighted by molar-refractivity contribution is 0.191. The fourth-order valence-corrected chi connectivity index (χ4v) is 1.55. The van der Waals surface area contributed by atoms with Crippen molar-refractivity contribution in [3.05, 3.63) is 29.6 Å². The zero-order valence-electron chi connectivity index (χ0n) is 10.9. The molecule has 0 fully saturated rings. The van der Waals surface area contributed by atoms with Gasteiger partial charge in [0.1, 0.15) is 11.6 Å². The molecule has 0 aliphatic heterocycles. The summed E-state index contributed by atoms with van der Waals surface area (Å²) in [6.45, 7) is 4.09. The summed E-state index contributed by atoms with van der Waals surface area (Å²) in [5, 5.41) is 8.69. The summed E-state index contributed by atoms with van der Waals surface area (Å²) < 4.78 is 19.0. The van der Waals surface area contributed by atoms with Gasteiger partial charge in [0.25, 0.3) is 0 Å². The van der Waals surface area contributed by atoms with E-state index in [4.69, 9.17) is 9.84 Å². The molecule has 1 N–H and O–H groups in total. The van der Waals surface area contributed by atoms with Crippen molar-refractivity contribution in [2.45, 2.75) is 39.2 Å². The molecule has 0 bridgehead atoms. The molecule has 18 heavy (non-hydrogen) atoms. The Morgan fingerprint density at radius 3 is 2.67 bits per heavy atom. The second kappa shape index (κ2) is 7.73. The van der Waals surface area contributed by atoms with E-state index in [2.05, 4.69) is 11.8 Å². The number of ether oxygens (including phenoxy) is 1. The Hall–Kier alpha value is -1.53. The standard InChI is InChI=1S/C15H19FO2/c1-3-14(4-2)18-15-11-13(16)9-8-12(15)7-5-6-10-17/h8-9,11,14,17H,3-4,6,10H2,1-2H3. The van der Waals surface area contributed by atoms with E-state index >= 15 is 0 Å². The van der Waals surface area contributed by atoms with Gasteiger partial charge in [0, 0.05) is 12.5 Å². The Balaban J connectivity index is 2.93. The largest absolute Gasteiger partial charge is 0.489 e. The van der Waals surface area contributed by atoms with Crippen molar-refractivity contribution in [2.24, 2.45) is 0 Å². The Bertz CT molecular complexity index is 428. The van der Waals surface area contributed by atoms with Gasteiger partial charge in [-0.05, 0) is 25.0 Å². The lowest BCUT2D eigenvalue weighted by Gasteiger charge is -2.16. The zero-order chi connectivity index (χ0) is 13.4. The van der Waals surface area contributed by atoms with Gasteiger partial charge >= 0.3 is 0 Å². The molecule has 0 aliphatic rings. The molecule has 2 nitrogen and oxygen atoms in total. The van der Waals surface area contributed by atoms with Crippen LogP contribution in [-0.4, -0.2) is 17.8 Å². The highest BCUT2D eigenvalue weighted by atomic mass is 19.1. The van der Waals surface area contributed by atoms with Gasteiger partial charge in [-0.15, -0.1) is 0 Å². The predicted octanol–water partition coefficient (Wildman–Crippen LogP) is 3.13. The van der Waals surface area contributed by atoms with Crippen LogP contribution in [0.2, 0.25) is 0 Å². The first-order valence-corrected chi connectivity index (χ1v) is 6.27. The van der Waals surface area contributed by atoms with Gasteiger partial charge < -0.3 is 9.84 Å². The van der Waals surface area contributed by atoms with Crippen molar-refractivity contribution in [3.63, 3.8) is 0 Å². The highest BCUT2D eigenvalue weighted by Gasteiger charge is 2.09. The first-order chi connectivity index (χ1) is 8.71. The monoisotopic (exact) mass is 250 g/mol. The second-order valence-corrected chi connectivity index (χ2v) is 3.97. The highest BCUT2D eigenvalue weighted by Crippen LogP contribution is 2.22. The minimum absolute atomic E-state index is 0.0247. The van der Waals surface area contributed by atoms with Crippen LogP contribution in [0.1, 0.15) is 38.7 Å². The molecule has 0 saturated heterocycles. The summed E-state index contributed by atoms with van der Waals surface area (Å²) in [7, 11) is 0. The Morgan fingerprint density at radius 1 is 1.33 bits per heavy atom. The molecule has 0 saturated carbocycles. The maximum Gasteiger partial charge on any atom is 0.138 e. The summed E-state index contributed by atoms with van der Waals surface area (Å²) >= 11 is 0. The molecule has 1 aromatic rings. The van der Waals surface area contributed by atoms with E-state index in [-0.39, 0.29) is 18.5 Å². The van der Waals surface area contributed by atoms with Gasteiger partial charge in [-0.3, -0.25) is 0 Å². The molecule has 1 aromatic carbocycles. The molecule has 0 aromatic heterocycles. The number of aliphatic hydroxyl groups excluding tert-OH is 1. The lowest BCUT2D eigenvalue weighted by atomic mass is 10.1. The van der Waals surface area contributed by atoms with Crippen molar-refractivity contribution >= 4 is 0 Å². The molecule has 0 radical (unpaired) electrons. The SMILES string of the molecule is CCC(CC)Oc1cc(F)ccc1C#CCCO. The Labute approximate surface area is 108 Å². The lowest BCUT2D eigenvalue weighted by Crippen LogP contribution is -2.14. The molecule has 0 aliphatic carbocycles. The fraction of sp³-hybridized carbons (Fsp3) is 0.467. The highest BCUT2D eigenvalue weighted by molar-refractivity contribution is 5.46. The van der Waals surface area contributed by atoms with E-state index in [0.29, 0.717) is 17.7 Å². The van der Waals surface area contributed by atoms with Crippen molar-refractivity contribution in [3.8, 4) is 17.6 Å². The molecule has 0 spiro atoms. The van der Waals surface area contributed by atoms with E-state index in [9.17, 15) is 4.39 Å². The van der Waals surface area contributed by atoms with Crippen LogP contribution >= 0.6 is 0 Å². The van der Waals surface area contributed by atoms with Gasteiger partial charge in [0.2, 0.25) is 0 Å². The van der Waals surface area contributed by atoms with Gasteiger partial charge in [-0.1, -0.05) is 25.7 Å². The molecule has 98 valence electrons. The summed E-state index contributed by atoms with van der Waals surface area (Å²) in [6, 6.07) is 4.33. The molecule has 0 atom stereocenters. The van der Waals surface area contributed by atoms with E-state index in [1.165, 1.54) is 12.1 Å². The predicted molar refractivity (Wildman–Crippen MR) is 70.0 cm³/mol. The summed E-state index contributed by atoms with van der Waals surface area (Å²) in [5.41, 5.74) is 0.664. The average molecular weight is 250 g/mol. The molecular formula is C15H19FO2. The van der Waals surface area contributed by atoms with Crippen LogP contribution in [0.5, 0.6) is 5.75 Å². The Morgan fingerprint density at radius 2 is 2.06 bits per heavy atom. The quantitative estimate of drug-likeness (QED) is 0.814. The summed E-state index contributed by atoms with van der Waals surface area (Å²) in [6.07, 6.45) is 2.22. The number of halogens is 1. The molecule has 0 amide bonds. The summed E-state index contributed by atoms with van der Waals surface area (Å²) in [4.78, 5) is 0. The van der Waals surface area contributed by atoms with E-state index < -0.39 is 0 Å². The third-order valence-electron chi connectivity index (χ3n) is 2.61. The topological polar surface area (TPSA) is 29.5 Å². The van der Waals surface area contributed by atoms with Crippen molar-refractivity contribution in [1.29, 1.82) is 0 Å². The number of aliphatic hydroxyl groups is 1. The van der Waals surface area contributed by atoms with Crippen LogP contribution in [0.25, 0.3) is 0 Å². The van der Waals surface area contributed by atoms with Gasteiger partial charge in [0.05, 0.1) is 18.3 Å². The molecule has 0 heterocycles. The third kappa shape index (κ3) is 4.38. The Kier molecular flexibility index (Phi) is 6.24. The molecule has 3 heteroatoms. The van der Waals surface area contributed by atoms with Crippen LogP contribution in [0.4, 0.5) is 4.39 Å². The van der Waals surface area contributed by atoms with Gasteiger partial charge in [-0.2, -0.15) is 0 Å². The first kappa shape index (κ1) is 14.5. The van der Waals surface area contributed by atoms with Crippen LogP contribution in [-0.2, 0) is 0 Å². The zero-order valence-corrected chi connectivity index (χ0v) is 10.9. The van der Waals surface area contributed by atoms with Crippen LogP contribution in [0.15, 0.2) is 18.2 Å². The van der Waals surface area contributed by atoms with Crippen molar-refractivity contribution in [1.82, 2.24) is 0 Å². The van der Waals surface area contributed by atoms with Crippen LogP contribution in [0, 0.1) is 17.7 Å². The van der Waals surface area contributed by atoms with Crippen molar-refractivity contribution in [2.75, 3.05) is 6.61 Å². The molecular weight excluding hydrogens is 231 g/mol. The maximum absolute atomic E-state index is 13.2. The van der Waals surface area contributed by atoms with Crippen molar-refractivity contribution < 1.29 is 14.2 Å². The second-order valence-electron chi connectivity index (χ2n) is 3.97. The molecule has 1 rings (SSSR count). The molecule has 0 unspecified atom stereocenters. The van der Waals surface area contributed by atoms with E-state index in [0.717, 1.165) is 12.8 Å². The minimum atomic E-state index is -0.330. The van der Waals surface area contributed by atoms with E-state index in [1.807, 2.05) is 13.8 Å². The van der Waals surface area contributed by atoms with E-state index in [1.54, 1.807) is 6.07 Å². The fourth-order valence-electron chi connectivity index (χ4n) is 1.55. The van der Waals surface area contributed by atoms with Crippen LogP contribution < -0.4 is 4.74 Å². The number of benzene rings is 1. The third-order valence-corrected chi connectivity index (χ3v) is 2.61. The number of hydrogen-bond donors (Lipinski definition) is 1. The van der Waals surface area contributed by atoms with Gasteiger partial charge in [-0.25, -0.2) is 4.39 Å². The normalized spacial score (nSPS) is 10.1. The number of hydrogen-bond acceptors (Lipinski definition) is 2. The number of rotatable bonds is 5. The average Bonchev–Trinajstić information content (AvgIpc) is 2.38. The summed E-state index contributed by atoms with van der Waals surface area (Å²) in [5.74, 6) is 5.86. The first-order valence-electron chi connectivity index (χ1n) is 6.27. The van der Waals surface area contributed by atoms with Crippen LogP contribution in [0.3, 0.4) is 0 Å². The maximum atomic E-state index is 13.2. The smallest absolute Gasteiger partial charge is 0.138 e. The minimum Gasteiger partial charge on any atom is -0.489 e.